The van der Waals surface area contributed by atoms with Crippen LogP contribution in [0.3, 0.4) is 0 Å². The maximum absolute atomic E-state index is 5.85. The highest BCUT2D eigenvalue weighted by Crippen LogP contribution is 2.53. The molecule has 4 aromatic rings. The zero-order valence-corrected chi connectivity index (χ0v) is 30.2. The smallest absolute Gasteiger partial charge is 0.401 e. The van der Waals surface area contributed by atoms with Crippen LogP contribution in [-0.2, 0) is 0 Å². The molecule has 4 aromatic carbocycles. The highest BCUT2D eigenvalue weighted by Gasteiger charge is 2.23. The number of rotatable bonds is 6. The molecule has 11 heteroatoms. The molecule has 6 rings (SSSR count). The van der Waals surface area contributed by atoms with Crippen molar-refractivity contribution >= 4 is 60.8 Å². The molecule has 2 heterocycles. The Labute approximate surface area is 291 Å². The fraction of sp³-hybridized carbons (Fsp3) is 0.429. The standard InChI is InChI=1S/C11H10NO2P.C10H6ClO2P.C6H15N.C4H10.C2H6ClN.2CH4/c1-12-15-13-9-6-2-4-8-5-3-7-10(14-15)11(8)9;11-14-12-8-5-1-3-7-4-2-6-9(13-14)10(7)8;1-4-7(5-2)6-3;1-3-4-2;1-2-4-3;;/h2-7,12H,1H3;1-6H;4-6H2,1-3H3;3-4H2,1-2H3;4H,2H2,1H3;2*1H4. The van der Waals surface area contributed by atoms with Gasteiger partial charge in [-0.3, -0.25) is 0 Å². The van der Waals surface area contributed by atoms with Crippen LogP contribution in [0.1, 0.15) is 69.2 Å². The average Bonchev–Trinajstić information content (AvgIpc) is 3.06. The Morgan fingerprint density at radius 2 is 0.935 bits per heavy atom. The Bertz CT molecular complexity index is 1290. The van der Waals surface area contributed by atoms with Gasteiger partial charge in [0.2, 0.25) is 0 Å². The molecule has 0 amide bonds. The highest BCUT2D eigenvalue weighted by atomic mass is 35.7. The molecule has 0 radical (unpaired) electrons. The second-order valence-corrected chi connectivity index (χ2v) is 12.6. The highest BCUT2D eigenvalue weighted by molar-refractivity contribution is 7.76. The predicted octanol–water partition coefficient (Wildman–Crippen LogP) is 12.3. The van der Waals surface area contributed by atoms with E-state index in [0.717, 1.165) is 51.1 Å². The Balaban J connectivity index is 0.000000605. The molecule has 258 valence electrons. The minimum absolute atomic E-state index is 0. The van der Waals surface area contributed by atoms with Gasteiger partial charge in [-0.15, -0.1) is 0 Å². The summed E-state index contributed by atoms with van der Waals surface area (Å²) in [5, 5.41) is 7.34. The van der Waals surface area contributed by atoms with Gasteiger partial charge >= 0.3 is 16.3 Å². The van der Waals surface area contributed by atoms with E-state index in [4.69, 9.17) is 41.1 Å². The summed E-state index contributed by atoms with van der Waals surface area (Å²) in [6, 6.07) is 23.8. The lowest BCUT2D eigenvalue weighted by Gasteiger charge is -2.24. The van der Waals surface area contributed by atoms with E-state index in [1.54, 1.807) is 0 Å². The normalized spacial score (nSPS) is 12.2. The van der Waals surface area contributed by atoms with E-state index >= 15 is 0 Å². The van der Waals surface area contributed by atoms with Crippen LogP contribution in [0.25, 0.3) is 21.5 Å². The summed E-state index contributed by atoms with van der Waals surface area (Å²) in [6.45, 7) is 17.3. The van der Waals surface area contributed by atoms with Gasteiger partial charge in [0.1, 0.15) is 23.0 Å². The van der Waals surface area contributed by atoms with Gasteiger partial charge in [-0.25, -0.2) is 9.92 Å². The zero-order chi connectivity index (χ0) is 32.3. The molecular weight excluding hydrogens is 659 g/mol. The number of unbranched alkanes of at least 4 members (excludes halogenated alkanes) is 1. The number of hydrogen-bond donors (Lipinski definition) is 2. The van der Waals surface area contributed by atoms with Crippen LogP contribution in [0.15, 0.2) is 72.8 Å². The summed E-state index contributed by atoms with van der Waals surface area (Å²) in [5.41, 5.74) is 0. The van der Waals surface area contributed by atoms with Gasteiger partial charge in [0, 0.05) is 6.54 Å². The first-order valence-corrected chi connectivity index (χ1v) is 18.8. The summed E-state index contributed by atoms with van der Waals surface area (Å²) in [6.07, 6.45) is 2.64. The van der Waals surface area contributed by atoms with Crippen LogP contribution in [0.4, 0.5) is 0 Å². The van der Waals surface area contributed by atoms with Crippen molar-refractivity contribution in [3.8, 4) is 23.0 Å². The minimum Gasteiger partial charge on any atom is -0.426 e. The van der Waals surface area contributed by atoms with Gasteiger partial charge in [0.05, 0.1) is 10.8 Å². The number of hydrogen-bond acceptors (Lipinski definition) is 7. The van der Waals surface area contributed by atoms with Crippen LogP contribution < -0.4 is 28.0 Å². The molecule has 0 aromatic heterocycles. The van der Waals surface area contributed by atoms with E-state index in [1.165, 1.54) is 32.5 Å². The van der Waals surface area contributed by atoms with Crippen molar-refractivity contribution < 1.29 is 18.1 Å². The van der Waals surface area contributed by atoms with E-state index in [2.05, 4.69) is 61.6 Å². The molecule has 0 saturated carbocycles. The molecule has 0 spiro atoms. The second kappa shape index (κ2) is 25.0. The largest absolute Gasteiger partial charge is 0.426 e. The lowest BCUT2D eigenvalue weighted by atomic mass is 10.1. The monoisotopic (exact) mass is 713 g/mol. The summed E-state index contributed by atoms with van der Waals surface area (Å²) in [5.74, 6) is 3.42. The Hall–Kier alpha value is -2.08. The van der Waals surface area contributed by atoms with E-state index in [-0.39, 0.29) is 14.9 Å². The van der Waals surface area contributed by atoms with Gasteiger partial charge in [-0.05, 0) is 84.7 Å². The number of nitrogens with one attached hydrogen (secondary N) is 2. The molecular formula is C35H55Cl2N3O4P2. The first-order chi connectivity index (χ1) is 21.4. The Morgan fingerprint density at radius 3 is 1.17 bits per heavy atom. The molecule has 2 aliphatic heterocycles. The van der Waals surface area contributed by atoms with Crippen LogP contribution in [-0.4, -0.2) is 38.1 Å². The molecule has 46 heavy (non-hydrogen) atoms. The topological polar surface area (TPSA) is 64.2 Å². The van der Waals surface area contributed by atoms with Crippen molar-refractivity contribution in [1.29, 1.82) is 0 Å². The van der Waals surface area contributed by atoms with Gasteiger partial charge in [0.15, 0.2) is 0 Å². The molecule has 0 saturated heterocycles. The molecule has 0 unspecified atom stereocenters. The van der Waals surface area contributed by atoms with Gasteiger partial charge in [0.25, 0.3) is 0 Å². The van der Waals surface area contributed by atoms with Crippen molar-refractivity contribution in [3.63, 3.8) is 0 Å². The zero-order valence-electron chi connectivity index (χ0n) is 26.9. The van der Waals surface area contributed by atoms with Crippen molar-refractivity contribution in [2.75, 3.05) is 33.2 Å². The first kappa shape index (κ1) is 43.9. The third-order valence-electron chi connectivity index (χ3n) is 6.52. The maximum atomic E-state index is 5.85. The van der Waals surface area contributed by atoms with E-state index < -0.39 is 16.3 Å². The Morgan fingerprint density at radius 1 is 0.609 bits per heavy atom. The number of benzene rings is 4. The lowest BCUT2D eigenvalue weighted by Crippen LogP contribution is -2.21. The fourth-order valence-electron chi connectivity index (χ4n) is 3.98. The van der Waals surface area contributed by atoms with E-state index in [1.807, 2.05) is 74.6 Å². The summed E-state index contributed by atoms with van der Waals surface area (Å²) in [4.78, 5) is 4.78. The van der Waals surface area contributed by atoms with Crippen LogP contribution in [0.5, 0.6) is 23.0 Å². The minimum atomic E-state index is -1.33. The second-order valence-electron chi connectivity index (χ2n) is 9.39. The van der Waals surface area contributed by atoms with Crippen molar-refractivity contribution in [2.24, 2.45) is 0 Å². The SMILES string of the molecule is C.C.CCCC.CCN(CC)CC.CCNCl.CNP1Oc2cccc3cccc(c23)O1.ClP1Oc2cccc3cccc(c23)O1. The van der Waals surface area contributed by atoms with Gasteiger partial charge < -0.3 is 23.0 Å². The van der Waals surface area contributed by atoms with Crippen molar-refractivity contribution in [3.05, 3.63) is 72.8 Å². The summed E-state index contributed by atoms with van der Waals surface area (Å²) < 4.78 is 22.2. The van der Waals surface area contributed by atoms with E-state index in [0.29, 0.717) is 0 Å². The molecule has 2 aliphatic rings. The number of halogens is 2. The van der Waals surface area contributed by atoms with Crippen LogP contribution in [0.2, 0.25) is 0 Å². The number of nitrogens with zero attached hydrogens (tertiary/aromatic N) is 1. The summed E-state index contributed by atoms with van der Waals surface area (Å²) >= 11 is 10.8. The summed E-state index contributed by atoms with van der Waals surface area (Å²) in [7, 11) is -0.531. The first-order valence-electron chi connectivity index (χ1n) is 15.1. The van der Waals surface area contributed by atoms with Gasteiger partial charge in [-0.1, -0.05) is 118 Å². The molecule has 0 fully saturated rings. The van der Waals surface area contributed by atoms with Crippen molar-refractivity contribution in [1.82, 2.24) is 14.8 Å². The Kier molecular flexibility index (Phi) is 23.9. The fourth-order valence-corrected chi connectivity index (χ4v) is 5.96. The molecule has 2 N–H and O–H groups in total. The van der Waals surface area contributed by atoms with Crippen LogP contribution in [0, 0.1) is 0 Å². The molecule has 0 aliphatic carbocycles. The molecule has 7 nitrogen and oxygen atoms in total. The lowest BCUT2D eigenvalue weighted by molar-refractivity contribution is 0.321. The third kappa shape index (κ3) is 13.6. The maximum Gasteiger partial charge on any atom is 0.401 e. The van der Waals surface area contributed by atoms with Crippen LogP contribution >= 0.6 is 39.3 Å². The van der Waals surface area contributed by atoms with E-state index in [9.17, 15) is 0 Å². The molecule has 0 atom stereocenters. The average molecular weight is 715 g/mol. The van der Waals surface area contributed by atoms with Crippen molar-refractivity contribution in [2.45, 2.75) is 69.2 Å². The predicted molar refractivity (Wildman–Crippen MR) is 206 cm³/mol. The third-order valence-corrected chi connectivity index (χ3v) is 8.97. The van der Waals surface area contributed by atoms with Gasteiger partial charge in [-0.2, -0.15) is 0 Å². The quantitative estimate of drug-likeness (QED) is 0.152. The molecule has 0 bridgehead atoms.